The lowest BCUT2D eigenvalue weighted by atomic mass is 9.80. The Hall–Kier alpha value is -3.48. The van der Waals surface area contributed by atoms with Crippen LogP contribution < -0.4 is 10.7 Å². The van der Waals surface area contributed by atoms with E-state index in [-0.39, 0.29) is 12.0 Å². The number of hydrogen-bond acceptors (Lipinski definition) is 7. The number of nitrogens with zero attached hydrogens (tertiary/aromatic N) is 2. The van der Waals surface area contributed by atoms with Gasteiger partial charge in [0.1, 0.15) is 11.2 Å². The van der Waals surface area contributed by atoms with E-state index in [0.29, 0.717) is 16.0 Å². The van der Waals surface area contributed by atoms with Crippen molar-refractivity contribution >= 4 is 23.3 Å². The number of rotatable bonds is 9. The van der Waals surface area contributed by atoms with Gasteiger partial charge in [-0.05, 0) is 43.9 Å². The number of carbonyl (C=O) groups is 2. The average Bonchev–Trinajstić information content (AvgIpc) is 3.37. The number of aliphatic hydroxyl groups is 1. The van der Waals surface area contributed by atoms with Crippen molar-refractivity contribution in [3.8, 4) is 10.4 Å². The Morgan fingerprint density at radius 3 is 2.31 bits per heavy atom. The largest absolute Gasteiger partial charge is 0.471 e. The zero-order valence-corrected chi connectivity index (χ0v) is 22.8. The Morgan fingerprint density at radius 2 is 1.72 bits per heavy atom. The fraction of sp³-hybridized carbons (Fsp3) is 0.370. The van der Waals surface area contributed by atoms with E-state index in [9.17, 15) is 27.9 Å². The highest BCUT2D eigenvalue weighted by atomic mass is 32.1. The predicted octanol–water partition coefficient (Wildman–Crippen LogP) is 4.66. The molecule has 2 atom stereocenters. The standard InChI is InChI=1S/C27H31F3N4O4S/c1-25(2,3)38-24(36)33-34(4)16-26(37,20-13-9-8-12-19(20)21-15-31-17-39-21)22(32-23(35)27(28,29)30)14-18-10-6-5-7-11-18/h5-13,15,17,22,37H,14,16H2,1-4H3,(H,32,35)(H,33,36). The van der Waals surface area contributed by atoms with Gasteiger partial charge in [-0.2, -0.15) is 13.2 Å². The maximum Gasteiger partial charge on any atom is 0.471 e. The van der Waals surface area contributed by atoms with E-state index in [2.05, 4.69) is 10.4 Å². The Labute approximate surface area is 228 Å². The third kappa shape index (κ3) is 8.25. The van der Waals surface area contributed by atoms with Crippen LogP contribution in [0.3, 0.4) is 0 Å². The van der Waals surface area contributed by atoms with Crippen molar-refractivity contribution in [2.45, 2.75) is 50.6 Å². The molecule has 0 saturated heterocycles. The van der Waals surface area contributed by atoms with Crippen molar-refractivity contribution in [2.75, 3.05) is 13.6 Å². The van der Waals surface area contributed by atoms with Crippen molar-refractivity contribution < 1.29 is 32.6 Å². The summed E-state index contributed by atoms with van der Waals surface area (Å²) < 4.78 is 45.6. The molecule has 1 heterocycles. The Balaban J connectivity index is 2.11. The lowest BCUT2D eigenvalue weighted by molar-refractivity contribution is -0.176. The van der Waals surface area contributed by atoms with Crippen molar-refractivity contribution in [3.63, 3.8) is 0 Å². The highest BCUT2D eigenvalue weighted by molar-refractivity contribution is 7.13. The van der Waals surface area contributed by atoms with E-state index in [1.807, 2.05) is 5.32 Å². The summed E-state index contributed by atoms with van der Waals surface area (Å²) in [4.78, 5) is 29.4. The molecule has 0 aliphatic heterocycles. The molecule has 12 heteroatoms. The molecule has 8 nitrogen and oxygen atoms in total. The van der Waals surface area contributed by atoms with Gasteiger partial charge in [0.15, 0.2) is 0 Å². The number of aromatic nitrogens is 1. The molecule has 3 rings (SSSR count). The molecule has 3 aromatic rings. The first-order valence-electron chi connectivity index (χ1n) is 12.0. The molecule has 1 aromatic heterocycles. The number of alkyl halides is 3. The van der Waals surface area contributed by atoms with Gasteiger partial charge in [0, 0.05) is 13.2 Å². The quantitative estimate of drug-likeness (QED) is 0.327. The molecule has 0 aliphatic rings. The van der Waals surface area contributed by atoms with Gasteiger partial charge in [0.25, 0.3) is 0 Å². The van der Waals surface area contributed by atoms with E-state index in [0.717, 1.165) is 0 Å². The summed E-state index contributed by atoms with van der Waals surface area (Å²) in [5.41, 5.74) is 2.48. The smallest absolute Gasteiger partial charge is 0.443 e. The second kappa shape index (κ2) is 12.1. The van der Waals surface area contributed by atoms with E-state index < -0.39 is 42.0 Å². The summed E-state index contributed by atoms with van der Waals surface area (Å²) in [6.45, 7) is 4.63. The van der Waals surface area contributed by atoms with Gasteiger partial charge in [-0.1, -0.05) is 54.6 Å². The fourth-order valence-electron chi connectivity index (χ4n) is 4.09. The monoisotopic (exact) mass is 564 g/mol. The lowest BCUT2D eigenvalue weighted by Crippen LogP contribution is -2.60. The SMILES string of the molecule is CN(CC(O)(c1ccccc1-c1cncs1)C(Cc1ccccc1)NC(=O)C(F)(F)F)NC(=O)OC(C)(C)C. The number of halogens is 3. The molecular weight excluding hydrogens is 533 g/mol. The summed E-state index contributed by atoms with van der Waals surface area (Å²) in [6, 6.07) is 13.7. The molecule has 0 bridgehead atoms. The molecule has 0 radical (unpaired) electrons. The number of amides is 2. The minimum absolute atomic E-state index is 0.142. The van der Waals surface area contributed by atoms with E-state index >= 15 is 0 Å². The number of nitrogens with one attached hydrogen (secondary N) is 2. The molecule has 0 spiro atoms. The minimum atomic E-state index is -5.19. The van der Waals surface area contributed by atoms with Gasteiger partial charge in [-0.3, -0.25) is 15.2 Å². The van der Waals surface area contributed by atoms with Crippen LogP contribution in [0.15, 0.2) is 66.3 Å². The molecular formula is C27H31F3N4O4S. The summed E-state index contributed by atoms with van der Waals surface area (Å²) in [6.07, 6.45) is -4.57. The normalized spacial score (nSPS) is 14.4. The number of thiazole rings is 1. The summed E-state index contributed by atoms with van der Waals surface area (Å²) >= 11 is 1.28. The molecule has 0 fully saturated rings. The van der Waals surface area contributed by atoms with Crippen molar-refractivity contribution in [1.82, 2.24) is 20.7 Å². The molecule has 210 valence electrons. The van der Waals surface area contributed by atoms with Gasteiger partial charge in [-0.15, -0.1) is 11.3 Å². The molecule has 3 N–H and O–H groups in total. The third-order valence-corrected chi connectivity index (χ3v) is 6.48. The van der Waals surface area contributed by atoms with E-state index in [1.54, 1.807) is 87.1 Å². The van der Waals surface area contributed by atoms with E-state index in [1.165, 1.54) is 23.4 Å². The van der Waals surface area contributed by atoms with Gasteiger partial charge in [-0.25, -0.2) is 9.80 Å². The van der Waals surface area contributed by atoms with Crippen molar-refractivity contribution in [2.24, 2.45) is 0 Å². The molecule has 0 saturated carbocycles. The van der Waals surface area contributed by atoms with E-state index in [4.69, 9.17) is 4.74 Å². The van der Waals surface area contributed by atoms with Crippen molar-refractivity contribution in [3.05, 3.63) is 77.4 Å². The van der Waals surface area contributed by atoms with Crippen LogP contribution in [-0.4, -0.2) is 58.5 Å². The Bertz CT molecular complexity index is 1250. The molecule has 0 aliphatic carbocycles. The highest BCUT2D eigenvalue weighted by Gasteiger charge is 2.47. The maximum atomic E-state index is 13.4. The number of hydrazine groups is 1. The van der Waals surface area contributed by atoms with Crippen LogP contribution in [-0.2, 0) is 21.6 Å². The van der Waals surface area contributed by atoms with Crippen LogP contribution in [0.5, 0.6) is 0 Å². The first-order chi connectivity index (χ1) is 18.2. The van der Waals surface area contributed by atoms with Crippen LogP contribution in [0.2, 0.25) is 0 Å². The van der Waals surface area contributed by atoms with Crippen LogP contribution >= 0.6 is 11.3 Å². The Kier molecular flexibility index (Phi) is 9.36. The van der Waals surface area contributed by atoms with Crippen LogP contribution in [0, 0.1) is 0 Å². The zero-order chi connectivity index (χ0) is 28.8. The average molecular weight is 565 g/mol. The summed E-state index contributed by atoms with van der Waals surface area (Å²) in [5, 5.41) is 15.6. The summed E-state index contributed by atoms with van der Waals surface area (Å²) in [5.74, 6) is -2.19. The number of carbonyl (C=O) groups excluding carboxylic acids is 2. The summed E-state index contributed by atoms with van der Waals surface area (Å²) in [7, 11) is 1.44. The predicted molar refractivity (Wildman–Crippen MR) is 142 cm³/mol. The number of hydrogen-bond donors (Lipinski definition) is 3. The van der Waals surface area contributed by atoms with Gasteiger partial charge >= 0.3 is 18.2 Å². The highest BCUT2D eigenvalue weighted by Crippen LogP contribution is 2.37. The fourth-order valence-corrected chi connectivity index (χ4v) is 4.76. The van der Waals surface area contributed by atoms with Crippen LogP contribution in [0.4, 0.5) is 18.0 Å². The third-order valence-electron chi connectivity index (χ3n) is 5.67. The number of benzene rings is 2. The molecule has 2 amide bonds. The first kappa shape index (κ1) is 30.1. The van der Waals surface area contributed by atoms with Gasteiger partial charge < -0.3 is 15.2 Å². The number of ether oxygens (including phenoxy) is 1. The topological polar surface area (TPSA) is 104 Å². The first-order valence-corrected chi connectivity index (χ1v) is 12.9. The van der Waals surface area contributed by atoms with Gasteiger partial charge in [0.2, 0.25) is 0 Å². The lowest BCUT2D eigenvalue weighted by Gasteiger charge is -2.41. The van der Waals surface area contributed by atoms with Gasteiger partial charge in [0.05, 0.1) is 23.0 Å². The van der Waals surface area contributed by atoms with Crippen molar-refractivity contribution in [1.29, 1.82) is 0 Å². The maximum absolute atomic E-state index is 13.4. The second-order valence-corrected chi connectivity index (χ2v) is 10.9. The van der Waals surface area contributed by atoms with Crippen LogP contribution in [0.25, 0.3) is 10.4 Å². The second-order valence-electron chi connectivity index (χ2n) is 10.0. The van der Waals surface area contributed by atoms with Crippen LogP contribution in [0.1, 0.15) is 31.9 Å². The molecule has 2 unspecified atom stereocenters. The minimum Gasteiger partial charge on any atom is -0.443 e. The zero-order valence-electron chi connectivity index (χ0n) is 22.0. The molecule has 39 heavy (non-hydrogen) atoms. The number of likely N-dealkylation sites (N-methyl/N-ethyl adjacent to an activating group) is 1. The molecule has 2 aromatic carbocycles. The Morgan fingerprint density at radius 1 is 1.08 bits per heavy atom.